The van der Waals surface area contributed by atoms with Crippen molar-refractivity contribution >= 4 is 23.5 Å². The molecule has 2 amide bonds. The number of carbonyl (C=O) groups is 3. The fraction of sp³-hybridized carbons (Fsp3) is 0.286. The summed E-state index contributed by atoms with van der Waals surface area (Å²) in [5.41, 5.74) is 0.652. The van der Waals surface area contributed by atoms with Crippen LogP contribution in [-0.2, 0) is 14.3 Å². The van der Waals surface area contributed by atoms with E-state index in [4.69, 9.17) is 14.2 Å². The molecular formula is C21H21NO6. The van der Waals surface area contributed by atoms with Gasteiger partial charge in [0.1, 0.15) is 24.7 Å². The topological polar surface area (TPSA) is 82.1 Å². The third-order valence-corrected chi connectivity index (χ3v) is 4.11. The molecule has 1 aliphatic rings. The van der Waals surface area contributed by atoms with Crippen molar-refractivity contribution in [3.05, 3.63) is 54.1 Å². The molecule has 28 heavy (non-hydrogen) atoms. The van der Waals surface area contributed by atoms with E-state index in [2.05, 4.69) is 0 Å². The molecule has 1 saturated heterocycles. The molecule has 0 spiro atoms. The third-order valence-electron chi connectivity index (χ3n) is 4.11. The maximum absolute atomic E-state index is 12.2. The highest BCUT2D eigenvalue weighted by atomic mass is 16.6. The van der Waals surface area contributed by atoms with Gasteiger partial charge in [0.25, 0.3) is 0 Å². The number of rotatable bonds is 8. The third kappa shape index (κ3) is 4.68. The van der Waals surface area contributed by atoms with Gasteiger partial charge in [-0.15, -0.1) is 0 Å². The van der Waals surface area contributed by atoms with Gasteiger partial charge in [0.05, 0.1) is 17.9 Å². The Morgan fingerprint density at radius 1 is 0.929 bits per heavy atom. The predicted molar refractivity (Wildman–Crippen MR) is 102 cm³/mol. The van der Waals surface area contributed by atoms with E-state index in [1.807, 2.05) is 6.92 Å². The van der Waals surface area contributed by atoms with Crippen molar-refractivity contribution in [2.75, 3.05) is 24.7 Å². The molecule has 0 radical (unpaired) electrons. The van der Waals surface area contributed by atoms with Crippen molar-refractivity contribution in [2.45, 2.75) is 19.8 Å². The van der Waals surface area contributed by atoms with Gasteiger partial charge in [-0.25, -0.2) is 4.79 Å². The van der Waals surface area contributed by atoms with Gasteiger partial charge >= 0.3 is 5.97 Å². The number of hydrogen-bond donors (Lipinski definition) is 0. The minimum absolute atomic E-state index is 0.0673. The summed E-state index contributed by atoms with van der Waals surface area (Å²) in [6.45, 7) is 2.77. The van der Waals surface area contributed by atoms with Crippen LogP contribution in [0.15, 0.2) is 48.5 Å². The molecule has 146 valence electrons. The number of ether oxygens (including phenoxy) is 3. The molecule has 2 aromatic rings. The van der Waals surface area contributed by atoms with Gasteiger partial charge in [-0.05, 0) is 49.4 Å². The molecule has 0 atom stereocenters. The first-order valence-corrected chi connectivity index (χ1v) is 9.07. The molecular weight excluding hydrogens is 362 g/mol. The van der Waals surface area contributed by atoms with E-state index in [9.17, 15) is 14.4 Å². The van der Waals surface area contributed by atoms with Crippen molar-refractivity contribution in [1.82, 2.24) is 0 Å². The number of benzene rings is 2. The maximum Gasteiger partial charge on any atom is 0.338 e. The minimum Gasteiger partial charge on any atom is -0.494 e. The zero-order valence-electron chi connectivity index (χ0n) is 15.6. The lowest BCUT2D eigenvalue weighted by molar-refractivity contribution is -0.121. The number of imide groups is 1. The van der Waals surface area contributed by atoms with Crippen molar-refractivity contribution in [1.29, 1.82) is 0 Å². The van der Waals surface area contributed by atoms with Crippen LogP contribution in [0.2, 0.25) is 0 Å². The van der Waals surface area contributed by atoms with E-state index in [-0.39, 0.29) is 43.4 Å². The molecule has 0 saturated carbocycles. The van der Waals surface area contributed by atoms with Crippen LogP contribution in [-0.4, -0.2) is 37.6 Å². The predicted octanol–water partition coefficient (Wildman–Crippen LogP) is 2.97. The lowest BCUT2D eigenvalue weighted by Crippen LogP contribution is -2.28. The summed E-state index contributed by atoms with van der Waals surface area (Å²) in [5.74, 6) is 0.332. The standard InChI is InChI=1S/C21H21NO6/c1-2-26-17-6-8-18(9-7-17)27-12-13-28-21(25)15-4-3-5-16(14-15)22-19(23)10-11-20(22)24/h3-9,14H,2,10-13H2,1H3. The van der Waals surface area contributed by atoms with Crippen LogP contribution in [0.4, 0.5) is 5.69 Å². The van der Waals surface area contributed by atoms with E-state index >= 15 is 0 Å². The monoisotopic (exact) mass is 383 g/mol. The highest BCUT2D eigenvalue weighted by Crippen LogP contribution is 2.23. The van der Waals surface area contributed by atoms with Crippen LogP contribution in [0.3, 0.4) is 0 Å². The Hall–Kier alpha value is -3.35. The molecule has 3 rings (SSSR count). The quantitative estimate of drug-likeness (QED) is 0.396. The Balaban J connectivity index is 1.50. The summed E-state index contributed by atoms with van der Waals surface area (Å²) in [6.07, 6.45) is 0.382. The van der Waals surface area contributed by atoms with Crippen molar-refractivity contribution < 1.29 is 28.6 Å². The van der Waals surface area contributed by atoms with Gasteiger partial charge in [-0.2, -0.15) is 0 Å². The number of esters is 1. The van der Waals surface area contributed by atoms with E-state index < -0.39 is 5.97 Å². The van der Waals surface area contributed by atoms with Crippen molar-refractivity contribution in [3.63, 3.8) is 0 Å². The van der Waals surface area contributed by atoms with Crippen LogP contribution < -0.4 is 14.4 Å². The Bertz CT molecular complexity index is 845. The molecule has 7 heteroatoms. The highest BCUT2D eigenvalue weighted by molar-refractivity contribution is 6.20. The van der Waals surface area contributed by atoms with Crippen LogP contribution >= 0.6 is 0 Å². The molecule has 1 fully saturated rings. The fourth-order valence-corrected chi connectivity index (χ4v) is 2.81. The molecule has 0 aromatic heterocycles. The Morgan fingerprint density at radius 3 is 2.21 bits per heavy atom. The summed E-state index contributed by atoms with van der Waals surface area (Å²) < 4.78 is 16.1. The molecule has 2 aromatic carbocycles. The van der Waals surface area contributed by atoms with E-state index in [0.717, 1.165) is 10.6 Å². The first-order chi connectivity index (χ1) is 13.6. The average Bonchev–Trinajstić information content (AvgIpc) is 3.05. The summed E-state index contributed by atoms with van der Waals surface area (Å²) in [5, 5.41) is 0. The molecule has 0 bridgehead atoms. The molecule has 7 nitrogen and oxygen atoms in total. The van der Waals surface area contributed by atoms with Crippen LogP contribution in [0.25, 0.3) is 0 Å². The Kier molecular flexibility index (Phi) is 6.26. The number of amides is 2. The van der Waals surface area contributed by atoms with Crippen molar-refractivity contribution in [2.24, 2.45) is 0 Å². The van der Waals surface area contributed by atoms with Gasteiger partial charge in [0, 0.05) is 12.8 Å². The first-order valence-electron chi connectivity index (χ1n) is 9.07. The smallest absolute Gasteiger partial charge is 0.338 e. The summed E-state index contributed by atoms with van der Waals surface area (Å²) >= 11 is 0. The lowest BCUT2D eigenvalue weighted by Gasteiger charge is -2.14. The van der Waals surface area contributed by atoms with Gasteiger partial charge in [0.15, 0.2) is 0 Å². The summed E-state index contributed by atoms with van der Waals surface area (Å²) in [6, 6.07) is 13.4. The van der Waals surface area contributed by atoms with Crippen LogP contribution in [0, 0.1) is 0 Å². The molecule has 0 aliphatic carbocycles. The van der Waals surface area contributed by atoms with Gasteiger partial charge in [-0.3, -0.25) is 14.5 Å². The van der Waals surface area contributed by atoms with E-state index in [1.54, 1.807) is 42.5 Å². The van der Waals surface area contributed by atoms with Gasteiger partial charge < -0.3 is 14.2 Å². The van der Waals surface area contributed by atoms with Crippen molar-refractivity contribution in [3.8, 4) is 11.5 Å². The molecule has 0 unspecified atom stereocenters. The van der Waals surface area contributed by atoms with E-state index in [0.29, 0.717) is 18.0 Å². The van der Waals surface area contributed by atoms with Crippen LogP contribution in [0.1, 0.15) is 30.1 Å². The number of anilines is 1. The largest absolute Gasteiger partial charge is 0.494 e. The normalized spacial score (nSPS) is 13.5. The number of nitrogens with zero attached hydrogens (tertiary/aromatic N) is 1. The molecule has 1 heterocycles. The molecule has 0 N–H and O–H groups in total. The second kappa shape index (κ2) is 9.03. The number of carbonyl (C=O) groups excluding carboxylic acids is 3. The fourth-order valence-electron chi connectivity index (χ4n) is 2.81. The van der Waals surface area contributed by atoms with E-state index in [1.165, 1.54) is 6.07 Å². The van der Waals surface area contributed by atoms with Crippen LogP contribution in [0.5, 0.6) is 11.5 Å². The lowest BCUT2D eigenvalue weighted by atomic mass is 10.2. The Morgan fingerprint density at radius 2 is 1.57 bits per heavy atom. The zero-order valence-corrected chi connectivity index (χ0v) is 15.6. The van der Waals surface area contributed by atoms with Gasteiger partial charge in [0.2, 0.25) is 11.8 Å². The Labute approximate surface area is 162 Å². The highest BCUT2D eigenvalue weighted by Gasteiger charge is 2.30. The zero-order chi connectivity index (χ0) is 19.9. The average molecular weight is 383 g/mol. The number of hydrogen-bond acceptors (Lipinski definition) is 6. The summed E-state index contributed by atoms with van der Waals surface area (Å²) in [4.78, 5) is 37.0. The first kappa shape index (κ1) is 19.4. The van der Waals surface area contributed by atoms with Gasteiger partial charge in [-0.1, -0.05) is 6.07 Å². The minimum atomic E-state index is -0.545. The second-order valence-corrected chi connectivity index (χ2v) is 6.06. The second-order valence-electron chi connectivity index (χ2n) is 6.06. The maximum atomic E-state index is 12.2. The summed E-state index contributed by atoms with van der Waals surface area (Å²) in [7, 11) is 0. The molecule has 1 aliphatic heterocycles. The SMILES string of the molecule is CCOc1ccc(OCCOC(=O)c2cccc(N3C(=O)CCC3=O)c2)cc1.